The van der Waals surface area contributed by atoms with Crippen molar-refractivity contribution in [3.63, 3.8) is 0 Å². The minimum atomic E-state index is -1.11. The van der Waals surface area contributed by atoms with Crippen LogP contribution in [0.15, 0.2) is 36.5 Å². The summed E-state index contributed by atoms with van der Waals surface area (Å²) in [5, 5.41) is 8.74. The molecule has 0 bridgehead atoms. The lowest BCUT2D eigenvalue weighted by Gasteiger charge is -2.01. The topological polar surface area (TPSA) is 96.2 Å². The number of carbonyl (C=O) groups excluding carboxylic acids is 1. The molecule has 0 unspecified atom stereocenters. The van der Waals surface area contributed by atoms with E-state index in [-0.39, 0.29) is 17.0 Å². The van der Waals surface area contributed by atoms with Crippen molar-refractivity contribution < 1.29 is 14.7 Å². The number of carboxylic acid groups (broad SMARTS) is 1. The van der Waals surface area contributed by atoms with Crippen LogP contribution in [0, 0.1) is 0 Å². The fourth-order valence-electron chi connectivity index (χ4n) is 1.51. The monoisotopic (exact) mass is 230 g/mol. The van der Waals surface area contributed by atoms with Gasteiger partial charge in [-0.3, -0.25) is 4.79 Å². The van der Waals surface area contributed by atoms with E-state index in [1.165, 1.54) is 12.3 Å². The molecule has 1 aromatic carbocycles. The number of benzene rings is 1. The van der Waals surface area contributed by atoms with Gasteiger partial charge in [-0.2, -0.15) is 0 Å². The molecule has 0 saturated carbocycles. The number of aromatic nitrogens is 1. The van der Waals surface area contributed by atoms with Gasteiger partial charge in [0.1, 0.15) is 5.69 Å². The van der Waals surface area contributed by atoms with Gasteiger partial charge in [-0.05, 0) is 18.2 Å². The van der Waals surface area contributed by atoms with Crippen LogP contribution in [0.25, 0.3) is 0 Å². The van der Waals surface area contributed by atoms with E-state index in [0.29, 0.717) is 11.3 Å². The smallest absolute Gasteiger partial charge is 0.352 e. The summed E-state index contributed by atoms with van der Waals surface area (Å²) in [7, 11) is 0. The number of hydrogen-bond acceptors (Lipinski definition) is 3. The van der Waals surface area contributed by atoms with Gasteiger partial charge in [0.05, 0.1) is 0 Å². The number of carbonyl (C=O) groups is 2. The van der Waals surface area contributed by atoms with E-state index in [0.717, 1.165) is 0 Å². The summed E-state index contributed by atoms with van der Waals surface area (Å²) in [4.78, 5) is 25.2. The summed E-state index contributed by atoms with van der Waals surface area (Å²) in [6.07, 6.45) is 1.36. The summed E-state index contributed by atoms with van der Waals surface area (Å²) in [6.45, 7) is 0. The maximum atomic E-state index is 12.0. The van der Waals surface area contributed by atoms with E-state index in [1.54, 1.807) is 24.3 Å². The SMILES string of the molecule is Nc1ccccc1C(=O)c1c[nH]c(C(=O)O)c1. The molecule has 5 heteroatoms. The minimum Gasteiger partial charge on any atom is -0.477 e. The molecular weight excluding hydrogens is 220 g/mol. The second kappa shape index (κ2) is 4.13. The van der Waals surface area contributed by atoms with Crippen molar-refractivity contribution in [2.45, 2.75) is 0 Å². The number of anilines is 1. The van der Waals surface area contributed by atoms with Crippen molar-refractivity contribution >= 4 is 17.4 Å². The number of rotatable bonds is 3. The number of H-pyrrole nitrogens is 1. The lowest BCUT2D eigenvalue weighted by molar-refractivity contribution is 0.0691. The first-order valence-electron chi connectivity index (χ1n) is 4.90. The van der Waals surface area contributed by atoms with Gasteiger partial charge < -0.3 is 15.8 Å². The average Bonchev–Trinajstić information content (AvgIpc) is 2.78. The Morgan fingerprint density at radius 1 is 1.24 bits per heavy atom. The summed E-state index contributed by atoms with van der Waals surface area (Å²) in [5.74, 6) is -1.41. The number of para-hydroxylation sites is 1. The zero-order valence-electron chi connectivity index (χ0n) is 8.81. The quantitative estimate of drug-likeness (QED) is 0.550. The maximum absolute atomic E-state index is 12.0. The second-order valence-electron chi connectivity index (χ2n) is 3.52. The summed E-state index contributed by atoms with van der Waals surface area (Å²) in [5.41, 5.74) is 6.67. The van der Waals surface area contributed by atoms with Gasteiger partial charge in [-0.1, -0.05) is 12.1 Å². The third kappa shape index (κ3) is 2.03. The third-order valence-electron chi connectivity index (χ3n) is 2.38. The van der Waals surface area contributed by atoms with Crippen molar-refractivity contribution in [1.82, 2.24) is 4.98 Å². The highest BCUT2D eigenvalue weighted by molar-refractivity contribution is 6.12. The molecule has 0 saturated heterocycles. The number of aromatic amines is 1. The first-order chi connectivity index (χ1) is 8.09. The zero-order chi connectivity index (χ0) is 12.4. The van der Waals surface area contributed by atoms with Gasteiger partial charge in [0.2, 0.25) is 0 Å². The molecule has 0 aliphatic rings. The Morgan fingerprint density at radius 2 is 1.94 bits per heavy atom. The van der Waals surface area contributed by atoms with E-state index in [4.69, 9.17) is 10.8 Å². The fraction of sp³-hybridized carbons (Fsp3) is 0. The molecule has 4 N–H and O–H groups in total. The molecule has 0 fully saturated rings. The van der Waals surface area contributed by atoms with Crippen LogP contribution < -0.4 is 5.73 Å². The highest BCUT2D eigenvalue weighted by atomic mass is 16.4. The van der Waals surface area contributed by atoms with Crippen LogP contribution >= 0.6 is 0 Å². The Morgan fingerprint density at radius 3 is 2.53 bits per heavy atom. The zero-order valence-corrected chi connectivity index (χ0v) is 8.81. The molecule has 0 radical (unpaired) electrons. The van der Waals surface area contributed by atoms with E-state index < -0.39 is 5.97 Å². The molecule has 1 heterocycles. The van der Waals surface area contributed by atoms with Crippen LogP contribution in [0.3, 0.4) is 0 Å². The van der Waals surface area contributed by atoms with Gasteiger partial charge in [-0.25, -0.2) is 4.79 Å². The van der Waals surface area contributed by atoms with Crippen molar-refractivity contribution in [2.24, 2.45) is 0 Å². The number of nitrogen functional groups attached to an aromatic ring is 1. The molecule has 2 aromatic rings. The molecule has 86 valence electrons. The van der Waals surface area contributed by atoms with Crippen LogP contribution in [0.5, 0.6) is 0 Å². The lowest BCUT2D eigenvalue weighted by atomic mass is 10.0. The predicted octanol–water partition coefficient (Wildman–Crippen LogP) is 1.53. The Balaban J connectivity index is 2.37. The highest BCUT2D eigenvalue weighted by Crippen LogP contribution is 2.16. The Kier molecular flexibility index (Phi) is 2.66. The van der Waals surface area contributed by atoms with Gasteiger partial charge in [0, 0.05) is 23.0 Å². The summed E-state index contributed by atoms with van der Waals surface area (Å²) >= 11 is 0. The van der Waals surface area contributed by atoms with Crippen LogP contribution in [-0.2, 0) is 0 Å². The Hall–Kier alpha value is -2.56. The highest BCUT2D eigenvalue weighted by Gasteiger charge is 2.15. The first kappa shape index (κ1) is 10.9. The van der Waals surface area contributed by atoms with Gasteiger partial charge >= 0.3 is 5.97 Å². The summed E-state index contributed by atoms with van der Waals surface area (Å²) < 4.78 is 0. The normalized spacial score (nSPS) is 10.1. The van der Waals surface area contributed by atoms with Gasteiger partial charge in [-0.15, -0.1) is 0 Å². The minimum absolute atomic E-state index is 0.0251. The van der Waals surface area contributed by atoms with Crippen LogP contribution in [-0.4, -0.2) is 21.8 Å². The standard InChI is InChI=1S/C12H10N2O3/c13-9-4-2-1-3-8(9)11(15)7-5-10(12(16)17)14-6-7/h1-6,14H,13H2,(H,16,17). The average molecular weight is 230 g/mol. The Bertz CT molecular complexity index is 587. The molecular formula is C12H10N2O3. The van der Waals surface area contributed by atoms with Crippen LogP contribution in [0.1, 0.15) is 26.4 Å². The molecule has 0 aliphatic carbocycles. The van der Waals surface area contributed by atoms with E-state index in [9.17, 15) is 9.59 Å². The Labute approximate surface area is 96.9 Å². The number of carboxylic acids is 1. The first-order valence-corrected chi connectivity index (χ1v) is 4.90. The fourth-order valence-corrected chi connectivity index (χ4v) is 1.51. The number of nitrogens with two attached hydrogens (primary N) is 1. The van der Waals surface area contributed by atoms with E-state index in [1.807, 2.05) is 0 Å². The van der Waals surface area contributed by atoms with Crippen molar-refractivity contribution in [2.75, 3.05) is 5.73 Å². The third-order valence-corrected chi connectivity index (χ3v) is 2.38. The molecule has 5 nitrogen and oxygen atoms in total. The van der Waals surface area contributed by atoms with E-state index in [2.05, 4.69) is 4.98 Å². The van der Waals surface area contributed by atoms with Gasteiger partial charge in [0.15, 0.2) is 5.78 Å². The lowest BCUT2D eigenvalue weighted by Crippen LogP contribution is -2.04. The number of ketones is 1. The molecule has 0 spiro atoms. The van der Waals surface area contributed by atoms with E-state index >= 15 is 0 Å². The largest absolute Gasteiger partial charge is 0.477 e. The molecule has 0 atom stereocenters. The maximum Gasteiger partial charge on any atom is 0.352 e. The number of aromatic carboxylic acids is 1. The van der Waals surface area contributed by atoms with Crippen LogP contribution in [0.4, 0.5) is 5.69 Å². The second-order valence-corrected chi connectivity index (χ2v) is 3.52. The molecule has 2 rings (SSSR count). The van der Waals surface area contributed by atoms with Crippen molar-refractivity contribution in [3.8, 4) is 0 Å². The molecule has 0 aliphatic heterocycles. The van der Waals surface area contributed by atoms with Crippen LogP contribution in [0.2, 0.25) is 0 Å². The molecule has 17 heavy (non-hydrogen) atoms. The van der Waals surface area contributed by atoms with Crippen molar-refractivity contribution in [3.05, 3.63) is 53.3 Å². The number of hydrogen-bond donors (Lipinski definition) is 3. The predicted molar refractivity (Wildman–Crippen MR) is 62.0 cm³/mol. The van der Waals surface area contributed by atoms with Gasteiger partial charge in [0.25, 0.3) is 0 Å². The number of nitrogens with one attached hydrogen (secondary N) is 1. The molecule has 0 amide bonds. The van der Waals surface area contributed by atoms with Crippen molar-refractivity contribution in [1.29, 1.82) is 0 Å². The summed E-state index contributed by atoms with van der Waals surface area (Å²) in [6, 6.07) is 7.94. The molecule has 1 aromatic heterocycles.